The second kappa shape index (κ2) is 9.09. The van der Waals surface area contributed by atoms with Gasteiger partial charge < -0.3 is 11.1 Å². The molecule has 0 radical (unpaired) electrons. The van der Waals surface area contributed by atoms with E-state index in [2.05, 4.69) is 39.2 Å². The Morgan fingerprint density at radius 3 is 2.68 bits per heavy atom. The lowest BCUT2D eigenvalue weighted by Gasteiger charge is -2.07. The Kier molecular flexibility index (Phi) is 7.81. The Morgan fingerprint density at radius 2 is 2.00 bits per heavy atom. The van der Waals surface area contributed by atoms with Gasteiger partial charge >= 0.3 is 0 Å². The maximum absolute atomic E-state index is 13.4. The van der Waals surface area contributed by atoms with Crippen molar-refractivity contribution in [2.45, 2.75) is 19.9 Å². The number of rotatable bonds is 4. The van der Waals surface area contributed by atoms with Crippen molar-refractivity contribution >= 4 is 51.6 Å². The number of hydrogen-bond donors (Lipinski definition) is 2. The van der Waals surface area contributed by atoms with Gasteiger partial charge in [0, 0.05) is 5.69 Å². The molecular formula is C16H18BrFIN3. The first-order valence-electron chi connectivity index (χ1n) is 6.68. The van der Waals surface area contributed by atoms with E-state index in [4.69, 9.17) is 5.73 Å². The first-order chi connectivity index (χ1) is 10.1. The van der Waals surface area contributed by atoms with Crippen LogP contribution in [0.15, 0.2) is 51.9 Å². The number of benzene rings is 2. The van der Waals surface area contributed by atoms with Gasteiger partial charge in [0.1, 0.15) is 5.82 Å². The molecule has 0 saturated carbocycles. The van der Waals surface area contributed by atoms with Crippen LogP contribution in [0.5, 0.6) is 0 Å². The number of aryl methyl sites for hydroxylation is 1. The maximum Gasteiger partial charge on any atom is 0.193 e. The molecule has 118 valence electrons. The van der Waals surface area contributed by atoms with Crippen LogP contribution in [0.3, 0.4) is 0 Å². The number of halogens is 3. The maximum atomic E-state index is 13.4. The number of aliphatic imine (C=N–C) groups is 1. The highest BCUT2D eigenvalue weighted by atomic mass is 127. The smallest absolute Gasteiger partial charge is 0.193 e. The molecule has 0 bridgehead atoms. The quantitative estimate of drug-likeness (QED) is 0.381. The Hall–Kier alpha value is -1.15. The highest BCUT2D eigenvalue weighted by Crippen LogP contribution is 2.17. The van der Waals surface area contributed by atoms with Crippen LogP contribution in [0.1, 0.15) is 18.1 Å². The van der Waals surface area contributed by atoms with Gasteiger partial charge in [0.15, 0.2) is 5.96 Å². The molecule has 0 aromatic heterocycles. The topological polar surface area (TPSA) is 50.4 Å². The first kappa shape index (κ1) is 18.9. The van der Waals surface area contributed by atoms with Crippen LogP contribution < -0.4 is 11.1 Å². The molecule has 22 heavy (non-hydrogen) atoms. The normalized spacial score (nSPS) is 11.0. The van der Waals surface area contributed by atoms with Gasteiger partial charge in [-0.2, -0.15) is 0 Å². The molecule has 0 spiro atoms. The molecule has 6 heteroatoms. The number of guanidine groups is 1. The molecule has 0 saturated heterocycles. The van der Waals surface area contributed by atoms with E-state index in [-0.39, 0.29) is 29.8 Å². The third-order valence-electron chi connectivity index (χ3n) is 3.02. The van der Waals surface area contributed by atoms with Crippen molar-refractivity contribution in [2.24, 2.45) is 10.7 Å². The third kappa shape index (κ3) is 5.57. The summed E-state index contributed by atoms with van der Waals surface area (Å²) in [6, 6.07) is 12.9. The zero-order chi connectivity index (χ0) is 15.2. The van der Waals surface area contributed by atoms with Crippen LogP contribution in [0.25, 0.3) is 0 Å². The molecule has 0 aliphatic carbocycles. The van der Waals surface area contributed by atoms with Crippen molar-refractivity contribution in [3.8, 4) is 0 Å². The summed E-state index contributed by atoms with van der Waals surface area (Å²) in [5.74, 6) is 0.0106. The van der Waals surface area contributed by atoms with Gasteiger partial charge in [-0.15, -0.1) is 24.0 Å². The Bertz CT molecular complexity index is 662. The molecule has 0 heterocycles. The van der Waals surface area contributed by atoms with E-state index < -0.39 is 0 Å². The fraction of sp³-hybridized carbons (Fsp3) is 0.188. The summed E-state index contributed by atoms with van der Waals surface area (Å²) in [4.78, 5) is 4.22. The largest absolute Gasteiger partial charge is 0.370 e. The van der Waals surface area contributed by atoms with Crippen molar-refractivity contribution in [2.75, 3.05) is 5.32 Å². The second-order valence-corrected chi connectivity index (χ2v) is 5.48. The van der Waals surface area contributed by atoms with Crippen molar-refractivity contribution in [1.82, 2.24) is 0 Å². The van der Waals surface area contributed by atoms with E-state index in [1.54, 1.807) is 6.07 Å². The summed E-state index contributed by atoms with van der Waals surface area (Å²) in [6.45, 7) is 2.43. The third-order valence-corrected chi connectivity index (χ3v) is 3.67. The van der Waals surface area contributed by atoms with Gasteiger partial charge in [0.25, 0.3) is 0 Å². The SMILES string of the molecule is CCc1cccc(NC(N)=NCc2ccc(Br)c(F)c2)c1.I. The lowest BCUT2D eigenvalue weighted by molar-refractivity contribution is 0.619. The fourth-order valence-corrected chi connectivity index (χ4v) is 2.12. The molecular weight excluding hydrogens is 460 g/mol. The van der Waals surface area contributed by atoms with Crippen LogP contribution in [0.2, 0.25) is 0 Å². The van der Waals surface area contributed by atoms with Crippen LogP contribution in [0.4, 0.5) is 10.1 Å². The number of nitrogens with two attached hydrogens (primary N) is 1. The van der Waals surface area contributed by atoms with Gasteiger partial charge in [-0.05, 0) is 57.7 Å². The fourth-order valence-electron chi connectivity index (χ4n) is 1.87. The van der Waals surface area contributed by atoms with E-state index >= 15 is 0 Å². The van der Waals surface area contributed by atoms with Gasteiger partial charge in [-0.3, -0.25) is 0 Å². The van der Waals surface area contributed by atoms with E-state index in [0.29, 0.717) is 17.0 Å². The van der Waals surface area contributed by atoms with Gasteiger partial charge in [0.2, 0.25) is 0 Å². The summed E-state index contributed by atoms with van der Waals surface area (Å²) in [6.07, 6.45) is 0.963. The molecule has 3 N–H and O–H groups in total. The predicted octanol–water partition coefficient (Wildman–Crippen LogP) is 4.70. The van der Waals surface area contributed by atoms with E-state index in [1.807, 2.05) is 24.3 Å². The lowest BCUT2D eigenvalue weighted by atomic mass is 10.1. The second-order valence-electron chi connectivity index (χ2n) is 4.63. The summed E-state index contributed by atoms with van der Waals surface area (Å²) < 4.78 is 13.8. The molecule has 0 aliphatic heterocycles. The molecule has 2 aromatic carbocycles. The van der Waals surface area contributed by atoms with Crippen molar-refractivity contribution < 1.29 is 4.39 Å². The molecule has 2 rings (SSSR count). The summed E-state index contributed by atoms with van der Waals surface area (Å²) in [7, 11) is 0. The summed E-state index contributed by atoms with van der Waals surface area (Å²) >= 11 is 3.12. The molecule has 0 amide bonds. The number of hydrogen-bond acceptors (Lipinski definition) is 1. The van der Waals surface area contributed by atoms with Crippen molar-refractivity contribution in [3.63, 3.8) is 0 Å². The average molecular weight is 478 g/mol. The van der Waals surface area contributed by atoms with Crippen LogP contribution >= 0.6 is 39.9 Å². The van der Waals surface area contributed by atoms with Crippen LogP contribution in [0, 0.1) is 5.82 Å². The van der Waals surface area contributed by atoms with Crippen molar-refractivity contribution in [3.05, 3.63) is 63.9 Å². The van der Waals surface area contributed by atoms with E-state index in [9.17, 15) is 4.39 Å². The zero-order valence-corrected chi connectivity index (χ0v) is 16.1. The minimum Gasteiger partial charge on any atom is -0.370 e. The minimum atomic E-state index is -0.301. The van der Waals surface area contributed by atoms with Gasteiger partial charge in [-0.1, -0.05) is 25.1 Å². The average Bonchev–Trinajstić information content (AvgIpc) is 2.48. The summed E-state index contributed by atoms with van der Waals surface area (Å²) in [5, 5.41) is 3.04. The highest BCUT2D eigenvalue weighted by Gasteiger charge is 2.01. The number of nitrogens with zero attached hydrogens (tertiary/aromatic N) is 1. The Morgan fingerprint density at radius 1 is 1.23 bits per heavy atom. The molecule has 0 atom stereocenters. The highest BCUT2D eigenvalue weighted by molar-refractivity contribution is 14.0. The first-order valence-corrected chi connectivity index (χ1v) is 7.47. The van der Waals surface area contributed by atoms with Crippen LogP contribution in [-0.2, 0) is 13.0 Å². The minimum absolute atomic E-state index is 0. The zero-order valence-electron chi connectivity index (χ0n) is 12.1. The Labute approximate surface area is 155 Å². The molecule has 3 nitrogen and oxygen atoms in total. The number of nitrogens with one attached hydrogen (secondary N) is 1. The number of anilines is 1. The van der Waals surface area contributed by atoms with E-state index in [0.717, 1.165) is 17.7 Å². The molecule has 0 aliphatic rings. The standard InChI is InChI=1S/C16H17BrFN3.HI/c1-2-11-4-3-5-13(8-11)21-16(19)20-10-12-6-7-14(17)15(18)9-12;/h3-9H,2,10H2,1H3,(H3,19,20,21);1H. The monoisotopic (exact) mass is 477 g/mol. The van der Waals surface area contributed by atoms with Crippen molar-refractivity contribution in [1.29, 1.82) is 0 Å². The lowest BCUT2D eigenvalue weighted by Crippen LogP contribution is -2.22. The summed E-state index contributed by atoms with van der Waals surface area (Å²) in [5.41, 5.74) is 8.74. The predicted molar refractivity (Wildman–Crippen MR) is 104 cm³/mol. The van der Waals surface area contributed by atoms with Gasteiger partial charge in [-0.25, -0.2) is 9.38 Å². The van der Waals surface area contributed by atoms with Gasteiger partial charge in [0.05, 0.1) is 11.0 Å². The van der Waals surface area contributed by atoms with Crippen LogP contribution in [-0.4, -0.2) is 5.96 Å². The van der Waals surface area contributed by atoms with E-state index in [1.165, 1.54) is 11.6 Å². The Balaban J connectivity index is 0.00000242. The molecule has 0 fully saturated rings. The molecule has 2 aromatic rings. The molecule has 0 unspecified atom stereocenters.